The molecule has 1 aromatic heterocycles. The van der Waals surface area contributed by atoms with Crippen molar-refractivity contribution in [1.82, 2.24) is 15.2 Å². The number of carbonyl (C=O) groups excluding carboxylic acids is 1. The molecular weight excluding hydrogens is 190 g/mol. The molecule has 2 heterocycles. The van der Waals surface area contributed by atoms with E-state index in [0.717, 1.165) is 25.1 Å². The van der Waals surface area contributed by atoms with Crippen LogP contribution in [-0.4, -0.2) is 29.0 Å². The molecule has 0 spiro atoms. The molecule has 2 amide bonds. The SMILES string of the molecule is CC(c1cccnc1)N1CCCNC1=O. The highest BCUT2D eigenvalue weighted by molar-refractivity contribution is 5.75. The molecule has 2 rings (SSSR count). The van der Waals surface area contributed by atoms with E-state index in [2.05, 4.69) is 10.3 Å². The number of rotatable bonds is 2. The summed E-state index contributed by atoms with van der Waals surface area (Å²) < 4.78 is 0. The van der Waals surface area contributed by atoms with Crippen LogP contribution >= 0.6 is 0 Å². The van der Waals surface area contributed by atoms with E-state index >= 15 is 0 Å². The Morgan fingerprint density at radius 2 is 2.47 bits per heavy atom. The number of nitrogens with one attached hydrogen (secondary N) is 1. The highest BCUT2D eigenvalue weighted by Crippen LogP contribution is 2.20. The summed E-state index contributed by atoms with van der Waals surface area (Å²) in [5.74, 6) is 0. The second kappa shape index (κ2) is 4.29. The van der Waals surface area contributed by atoms with Gasteiger partial charge in [-0.15, -0.1) is 0 Å². The van der Waals surface area contributed by atoms with Gasteiger partial charge in [0, 0.05) is 25.5 Å². The van der Waals surface area contributed by atoms with Crippen LogP contribution < -0.4 is 5.32 Å². The molecule has 0 aliphatic carbocycles. The lowest BCUT2D eigenvalue weighted by Crippen LogP contribution is -2.47. The Balaban J connectivity index is 2.13. The molecule has 80 valence electrons. The number of pyridine rings is 1. The van der Waals surface area contributed by atoms with Crippen LogP contribution in [0.15, 0.2) is 24.5 Å². The molecule has 15 heavy (non-hydrogen) atoms. The topological polar surface area (TPSA) is 45.2 Å². The lowest BCUT2D eigenvalue weighted by atomic mass is 10.1. The Morgan fingerprint density at radius 1 is 1.60 bits per heavy atom. The molecule has 0 radical (unpaired) electrons. The van der Waals surface area contributed by atoms with E-state index in [1.807, 2.05) is 30.2 Å². The van der Waals surface area contributed by atoms with Gasteiger partial charge in [0.15, 0.2) is 0 Å². The van der Waals surface area contributed by atoms with Crippen LogP contribution in [0.5, 0.6) is 0 Å². The summed E-state index contributed by atoms with van der Waals surface area (Å²) in [6.45, 7) is 3.64. The van der Waals surface area contributed by atoms with E-state index in [1.165, 1.54) is 0 Å². The highest BCUT2D eigenvalue weighted by atomic mass is 16.2. The minimum Gasteiger partial charge on any atom is -0.338 e. The first kappa shape index (κ1) is 9.96. The quantitative estimate of drug-likeness (QED) is 0.796. The van der Waals surface area contributed by atoms with Crippen LogP contribution in [0, 0.1) is 0 Å². The number of urea groups is 1. The van der Waals surface area contributed by atoms with Gasteiger partial charge in [0.05, 0.1) is 6.04 Å². The van der Waals surface area contributed by atoms with Gasteiger partial charge >= 0.3 is 6.03 Å². The number of aromatic nitrogens is 1. The third-order valence-electron chi connectivity index (χ3n) is 2.75. The van der Waals surface area contributed by atoms with E-state index in [4.69, 9.17) is 0 Å². The smallest absolute Gasteiger partial charge is 0.317 e. The van der Waals surface area contributed by atoms with Crippen molar-refractivity contribution in [3.05, 3.63) is 30.1 Å². The first-order valence-corrected chi connectivity index (χ1v) is 5.23. The maximum atomic E-state index is 11.6. The molecule has 0 bridgehead atoms. The van der Waals surface area contributed by atoms with E-state index in [1.54, 1.807) is 6.20 Å². The fourth-order valence-electron chi connectivity index (χ4n) is 1.82. The highest BCUT2D eigenvalue weighted by Gasteiger charge is 2.23. The molecule has 1 aliphatic rings. The number of hydrogen-bond acceptors (Lipinski definition) is 2. The van der Waals surface area contributed by atoms with Crippen molar-refractivity contribution in [2.24, 2.45) is 0 Å². The fraction of sp³-hybridized carbons (Fsp3) is 0.455. The van der Waals surface area contributed by atoms with Gasteiger partial charge in [0.2, 0.25) is 0 Å². The maximum Gasteiger partial charge on any atom is 0.317 e. The van der Waals surface area contributed by atoms with E-state index in [0.29, 0.717) is 0 Å². The molecule has 1 saturated heterocycles. The molecule has 1 fully saturated rings. The van der Waals surface area contributed by atoms with E-state index < -0.39 is 0 Å². The second-order valence-electron chi connectivity index (χ2n) is 3.74. The maximum absolute atomic E-state index is 11.6. The third-order valence-corrected chi connectivity index (χ3v) is 2.75. The van der Waals surface area contributed by atoms with Crippen LogP contribution in [-0.2, 0) is 0 Å². The Labute approximate surface area is 89.3 Å². The molecule has 1 atom stereocenters. The van der Waals surface area contributed by atoms with Gasteiger partial charge < -0.3 is 10.2 Å². The second-order valence-corrected chi connectivity index (χ2v) is 3.74. The molecule has 1 unspecified atom stereocenters. The normalized spacial score (nSPS) is 18.5. The van der Waals surface area contributed by atoms with Crippen molar-refractivity contribution in [1.29, 1.82) is 0 Å². The van der Waals surface area contributed by atoms with Gasteiger partial charge in [-0.3, -0.25) is 4.98 Å². The lowest BCUT2D eigenvalue weighted by molar-refractivity contribution is 0.166. The molecule has 1 N–H and O–H groups in total. The van der Waals surface area contributed by atoms with Crippen molar-refractivity contribution < 1.29 is 4.79 Å². The molecule has 4 heteroatoms. The first-order valence-electron chi connectivity index (χ1n) is 5.23. The number of nitrogens with zero attached hydrogens (tertiary/aromatic N) is 2. The Bertz CT molecular complexity index is 339. The van der Waals surface area contributed by atoms with Crippen molar-refractivity contribution in [2.45, 2.75) is 19.4 Å². The van der Waals surface area contributed by atoms with Gasteiger partial charge in [-0.1, -0.05) is 6.07 Å². The van der Waals surface area contributed by atoms with Crippen molar-refractivity contribution in [3.63, 3.8) is 0 Å². The number of hydrogen-bond donors (Lipinski definition) is 1. The van der Waals surface area contributed by atoms with Gasteiger partial charge in [0.25, 0.3) is 0 Å². The number of carbonyl (C=O) groups is 1. The Hall–Kier alpha value is -1.58. The summed E-state index contributed by atoms with van der Waals surface area (Å²) in [5.41, 5.74) is 1.08. The summed E-state index contributed by atoms with van der Waals surface area (Å²) in [5, 5.41) is 2.85. The minimum atomic E-state index is 0.0256. The molecule has 0 saturated carbocycles. The fourth-order valence-corrected chi connectivity index (χ4v) is 1.82. The zero-order valence-corrected chi connectivity index (χ0v) is 8.81. The van der Waals surface area contributed by atoms with Crippen molar-refractivity contribution >= 4 is 6.03 Å². The predicted octanol–water partition coefficient (Wildman–Crippen LogP) is 1.56. The van der Waals surface area contributed by atoms with Gasteiger partial charge in [0.1, 0.15) is 0 Å². The summed E-state index contributed by atoms with van der Waals surface area (Å²) in [4.78, 5) is 17.5. The van der Waals surface area contributed by atoms with Crippen LogP contribution in [0.4, 0.5) is 4.79 Å². The van der Waals surface area contributed by atoms with Crippen LogP contribution in [0.1, 0.15) is 24.9 Å². The first-order chi connectivity index (χ1) is 7.29. The lowest BCUT2D eigenvalue weighted by Gasteiger charge is -2.32. The summed E-state index contributed by atoms with van der Waals surface area (Å²) in [7, 11) is 0. The van der Waals surface area contributed by atoms with Crippen LogP contribution in [0.3, 0.4) is 0 Å². The van der Waals surface area contributed by atoms with E-state index in [-0.39, 0.29) is 12.1 Å². The predicted molar refractivity (Wildman–Crippen MR) is 57.4 cm³/mol. The molecule has 1 aliphatic heterocycles. The summed E-state index contributed by atoms with van der Waals surface area (Å²) in [6, 6.07) is 4.02. The molecule has 1 aromatic rings. The third kappa shape index (κ3) is 2.09. The van der Waals surface area contributed by atoms with Crippen molar-refractivity contribution in [2.75, 3.05) is 13.1 Å². The molecular formula is C11H15N3O. The standard InChI is InChI=1S/C11H15N3O/c1-9(10-4-2-5-12-8-10)14-7-3-6-13-11(14)15/h2,4-5,8-9H,3,6-7H2,1H3,(H,13,15). The van der Waals surface area contributed by atoms with Gasteiger partial charge in [-0.25, -0.2) is 4.79 Å². The molecule has 0 aromatic carbocycles. The van der Waals surface area contributed by atoms with Gasteiger partial charge in [-0.2, -0.15) is 0 Å². The van der Waals surface area contributed by atoms with Gasteiger partial charge in [-0.05, 0) is 25.0 Å². The molecule has 4 nitrogen and oxygen atoms in total. The van der Waals surface area contributed by atoms with Crippen LogP contribution in [0.2, 0.25) is 0 Å². The average Bonchev–Trinajstić information content (AvgIpc) is 2.30. The summed E-state index contributed by atoms with van der Waals surface area (Å²) >= 11 is 0. The zero-order chi connectivity index (χ0) is 10.7. The largest absolute Gasteiger partial charge is 0.338 e. The van der Waals surface area contributed by atoms with Crippen LogP contribution in [0.25, 0.3) is 0 Å². The number of amides is 2. The Kier molecular flexibility index (Phi) is 2.85. The summed E-state index contributed by atoms with van der Waals surface area (Å²) in [6.07, 6.45) is 4.56. The monoisotopic (exact) mass is 205 g/mol. The zero-order valence-electron chi connectivity index (χ0n) is 8.81. The minimum absolute atomic E-state index is 0.0256. The Morgan fingerprint density at radius 3 is 3.13 bits per heavy atom. The average molecular weight is 205 g/mol. The van der Waals surface area contributed by atoms with Crippen molar-refractivity contribution in [3.8, 4) is 0 Å². The van der Waals surface area contributed by atoms with E-state index in [9.17, 15) is 4.79 Å².